The van der Waals surface area contributed by atoms with Gasteiger partial charge in [0.15, 0.2) is 0 Å². The van der Waals surface area contributed by atoms with Crippen LogP contribution in [0.15, 0.2) is 72.8 Å². The minimum absolute atomic E-state index is 0.00992. The summed E-state index contributed by atoms with van der Waals surface area (Å²) in [5.41, 5.74) is 15.7. The zero-order chi connectivity index (χ0) is 47.0. The van der Waals surface area contributed by atoms with Crippen LogP contribution in [0.3, 0.4) is 0 Å². The van der Waals surface area contributed by atoms with Crippen LogP contribution in [0.25, 0.3) is 43.8 Å². The van der Waals surface area contributed by atoms with Gasteiger partial charge in [-0.2, -0.15) is 12.1 Å². The zero-order valence-electron chi connectivity index (χ0n) is 41.8. The van der Waals surface area contributed by atoms with Crippen molar-refractivity contribution in [3.8, 4) is 33.8 Å². The topological polar surface area (TPSA) is 18.5 Å². The third kappa shape index (κ3) is 13.2. The first-order chi connectivity index (χ1) is 28.9. The Hall–Kier alpha value is -2.62. The van der Waals surface area contributed by atoms with Crippen molar-refractivity contribution in [1.82, 2.24) is 0 Å². The molecule has 0 atom stereocenters. The van der Waals surface area contributed by atoms with Crippen molar-refractivity contribution < 1.29 is 30.3 Å². The van der Waals surface area contributed by atoms with Gasteiger partial charge in [0.05, 0.1) is 14.2 Å². The maximum absolute atomic E-state index is 6.08. The van der Waals surface area contributed by atoms with Gasteiger partial charge >= 0.3 is 37.9 Å². The molecule has 0 heterocycles. The SMILES string of the molecule is COc1c(C(C)(C)C)cc2[cH-]c(C)cc2c1-c1cc(C(C)C)cc(C(C)C)c1.COc1c(C(C)(C)C)cc2[cH-]c(C)cc2c1-c1cc(C(C)C)cc(C(C)C)c1.C[Si]C.[Cl][Zr+2][Cl]. The van der Waals surface area contributed by atoms with Crippen LogP contribution < -0.4 is 9.47 Å². The molecule has 6 aromatic carbocycles. The molecule has 334 valence electrons. The van der Waals surface area contributed by atoms with Gasteiger partial charge in [-0.15, -0.1) is 56.9 Å². The predicted molar refractivity (Wildman–Crippen MR) is 275 cm³/mol. The summed E-state index contributed by atoms with van der Waals surface area (Å²) >= 11 is -0.826. The first kappa shape index (κ1) is 53.7. The number of aryl methyl sites for hydroxylation is 2. The Morgan fingerprint density at radius 1 is 0.500 bits per heavy atom. The van der Waals surface area contributed by atoms with Crippen molar-refractivity contribution in [3.05, 3.63) is 117 Å². The standard InChI is InChI=1S/2C27H35O.C2H6Si.2ClH.Zr/c2*1-16(2)19-12-20(17(3)4)14-22(13-19)25-23-11-18(5)10-21(23)15-24(26(25)28-9)27(6,7)8;1-3-2;;;/h2*10-17H,1-9H3;1-2H3;2*1H;/q2*-1;;;;+4/p-2. The molecule has 0 N–H and O–H groups in total. The van der Waals surface area contributed by atoms with Gasteiger partial charge in [-0.1, -0.05) is 160 Å². The van der Waals surface area contributed by atoms with Crippen molar-refractivity contribution in [2.45, 2.75) is 158 Å². The van der Waals surface area contributed by atoms with E-state index in [9.17, 15) is 0 Å². The number of hydrogen-bond acceptors (Lipinski definition) is 2. The van der Waals surface area contributed by atoms with Gasteiger partial charge in [-0.25, -0.2) is 0 Å². The number of halogens is 2. The molecule has 62 heavy (non-hydrogen) atoms. The second kappa shape index (κ2) is 23.0. The van der Waals surface area contributed by atoms with Crippen molar-refractivity contribution in [2.24, 2.45) is 0 Å². The van der Waals surface area contributed by atoms with E-state index >= 15 is 0 Å². The molecule has 2 radical (unpaired) electrons. The Morgan fingerprint density at radius 3 is 0.968 bits per heavy atom. The quantitative estimate of drug-likeness (QED) is 0.112. The molecule has 0 aliphatic rings. The normalized spacial score (nSPS) is 11.6. The summed E-state index contributed by atoms with van der Waals surface area (Å²) in [6.45, 7) is 40.4. The van der Waals surface area contributed by atoms with Gasteiger partial charge in [-0.05, 0) is 90.1 Å². The summed E-state index contributed by atoms with van der Waals surface area (Å²) in [7, 11) is 14.6. The van der Waals surface area contributed by atoms with E-state index < -0.39 is 20.8 Å². The number of benzene rings is 4. The molecule has 0 saturated carbocycles. The summed E-state index contributed by atoms with van der Waals surface area (Å²) in [4.78, 5) is 0. The molecule has 0 fully saturated rings. The van der Waals surface area contributed by atoms with E-state index in [2.05, 4.69) is 197 Å². The number of methoxy groups -OCH3 is 2. The Balaban J connectivity index is 0.000000293. The summed E-state index contributed by atoms with van der Waals surface area (Å²) in [6, 6.07) is 28.0. The molecular formula is C56H76Cl2O2SiZr. The molecule has 6 aromatic rings. The van der Waals surface area contributed by atoms with Crippen LogP contribution in [0.2, 0.25) is 13.1 Å². The van der Waals surface area contributed by atoms with Crippen molar-refractivity contribution in [3.63, 3.8) is 0 Å². The molecule has 0 aromatic heterocycles. The Morgan fingerprint density at radius 2 is 0.758 bits per heavy atom. The van der Waals surface area contributed by atoms with Crippen LogP contribution in [-0.2, 0) is 31.7 Å². The maximum atomic E-state index is 6.08. The van der Waals surface area contributed by atoms with Crippen LogP contribution in [0.5, 0.6) is 11.5 Å². The van der Waals surface area contributed by atoms with E-state index in [-0.39, 0.29) is 10.8 Å². The van der Waals surface area contributed by atoms with Gasteiger partial charge in [0.25, 0.3) is 0 Å². The monoisotopic (exact) mass is 968 g/mol. The number of rotatable bonds is 8. The van der Waals surface area contributed by atoms with Crippen LogP contribution in [0.1, 0.15) is 165 Å². The first-order valence-corrected chi connectivity index (χ1v) is 30.6. The summed E-state index contributed by atoms with van der Waals surface area (Å²) < 4.78 is 12.2. The van der Waals surface area contributed by atoms with E-state index in [4.69, 9.17) is 26.5 Å². The molecule has 0 spiro atoms. The van der Waals surface area contributed by atoms with Gasteiger partial charge in [0, 0.05) is 9.52 Å². The number of hydrogen-bond donors (Lipinski definition) is 0. The van der Waals surface area contributed by atoms with Gasteiger partial charge in [0.2, 0.25) is 0 Å². The molecule has 2 nitrogen and oxygen atoms in total. The van der Waals surface area contributed by atoms with E-state index in [0.29, 0.717) is 23.7 Å². The van der Waals surface area contributed by atoms with E-state index in [0.717, 1.165) is 21.0 Å². The fraction of sp³-hybridized carbons (Fsp3) is 0.464. The zero-order valence-corrected chi connectivity index (χ0v) is 46.8. The fourth-order valence-electron chi connectivity index (χ4n) is 8.07. The molecule has 0 bridgehead atoms. The van der Waals surface area contributed by atoms with Crippen LogP contribution in [-0.4, -0.2) is 23.7 Å². The van der Waals surface area contributed by atoms with Crippen LogP contribution in [0, 0.1) is 13.8 Å². The summed E-state index contributed by atoms with van der Waals surface area (Å²) in [5.74, 6) is 4.00. The third-order valence-corrected chi connectivity index (χ3v) is 11.4. The molecule has 0 aliphatic heterocycles. The minimum atomic E-state index is -0.826. The molecule has 0 saturated heterocycles. The van der Waals surface area contributed by atoms with E-state index in [1.165, 1.54) is 88.3 Å². The molecule has 6 rings (SSSR count). The second-order valence-electron chi connectivity index (χ2n) is 20.2. The van der Waals surface area contributed by atoms with Crippen LogP contribution >= 0.6 is 17.0 Å². The third-order valence-electron chi connectivity index (χ3n) is 11.4. The fourth-order valence-corrected chi connectivity index (χ4v) is 8.07. The van der Waals surface area contributed by atoms with Gasteiger partial charge in [0.1, 0.15) is 11.5 Å². The molecule has 0 aliphatic carbocycles. The second-order valence-corrected chi connectivity index (χ2v) is 24.9. The van der Waals surface area contributed by atoms with Crippen molar-refractivity contribution in [2.75, 3.05) is 14.2 Å². The first-order valence-electron chi connectivity index (χ1n) is 22.3. The number of fused-ring (bicyclic) bond motifs is 2. The molecule has 0 amide bonds. The number of ether oxygens (including phenoxy) is 2. The summed E-state index contributed by atoms with van der Waals surface area (Å²) in [5, 5.41) is 5.19. The summed E-state index contributed by atoms with van der Waals surface area (Å²) in [6.07, 6.45) is 0. The molecular weight excluding hydrogens is 895 g/mol. The van der Waals surface area contributed by atoms with Gasteiger partial charge < -0.3 is 9.47 Å². The average molecular weight is 971 g/mol. The van der Waals surface area contributed by atoms with Crippen molar-refractivity contribution >= 4 is 48.1 Å². The Kier molecular flexibility index (Phi) is 19.9. The predicted octanol–water partition coefficient (Wildman–Crippen LogP) is 18.3. The average Bonchev–Trinajstić information content (AvgIpc) is 3.76. The van der Waals surface area contributed by atoms with Crippen molar-refractivity contribution in [1.29, 1.82) is 0 Å². The molecule has 0 unspecified atom stereocenters. The van der Waals surface area contributed by atoms with E-state index in [1.54, 1.807) is 0 Å². The Bertz CT molecular complexity index is 2160. The molecule has 6 heteroatoms. The van der Waals surface area contributed by atoms with Gasteiger partial charge in [-0.3, -0.25) is 0 Å². The Labute approximate surface area is 399 Å². The van der Waals surface area contributed by atoms with E-state index in [1.807, 2.05) is 14.2 Å². The van der Waals surface area contributed by atoms with Crippen LogP contribution in [0.4, 0.5) is 0 Å².